The average Bonchev–Trinajstić information content (AvgIpc) is 2.14. The Labute approximate surface area is 93.2 Å². The summed E-state index contributed by atoms with van der Waals surface area (Å²) in [7, 11) is 0. The predicted molar refractivity (Wildman–Crippen MR) is 49.0 cm³/mol. The molecular formula is C10H9F6N. The lowest BCUT2D eigenvalue weighted by molar-refractivity contribution is -0.137. The number of halogens is 6. The SMILES string of the molecule is N[C@@H](CC(F)F)c1cc(F)cc(C(F)(F)F)c1. The molecule has 0 bridgehead atoms. The van der Waals surface area contributed by atoms with Crippen molar-refractivity contribution in [2.75, 3.05) is 0 Å². The lowest BCUT2D eigenvalue weighted by Gasteiger charge is -2.14. The first-order valence-corrected chi connectivity index (χ1v) is 4.61. The van der Waals surface area contributed by atoms with Crippen LogP contribution in [0.2, 0.25) is 0 Å². The third-order valence-electron chi connectivity index (χ3n) is 2.11. The molecule has 0 saturated heterocycles. The molecule has 0 spiro atoms. The molecule has 96 valence electrons. The van der Waals surface area contributed by atoms with Crippen LogP contribution in [0, 0.1) is 5.82 Å². The monoisotopic (exact) mass is 257 g/mol. The van der Waals surface area contributed by atoms with Gasteiger partial charge in [-0.2, -0.15) is 13.2 Å². The molecule has 1 rings (SSSR count). The van der Waals surface area contributed by atoms with Gasteiger partial charge in [0.25, 0.3) is 0 Å². The molecule has 17 heavy (non-hydrogen) atoms. The second kappa shape index (κ2) is 4.95. The van der Waals surface area contributed by atoms with E-state index in [9.17, 15) is 26.3 Å². The lowest BCUT2D eigenvalue weighted by atomic mass is 10.0. The zero-order chi connectivity index (χ0) is 13.2. The molecule has 1 atom stereocenters. The van der Waals surface area contributed by atoms with Crippen LogP contribution in [0.25, 0.3) is 0 Å². The van der Waals surface area contributed by atoms with E-state index >= 15 is 0 Å². The standard InChI is InChI=1S/C10H9F6N/c11-7-2-5(8(17)4-9(12)13)1-6(3-7)10(14,15)16/h1-3,8-9H,4,17H2/t8-/m0/s1. The summed E-state index contributed by atoms with van der Waals surface area (Å²) in [6.07, 6.45) is -8.31. The van der Waals surface area contributed by atoms with E-state index < -0.39 is 36.4 Å². The molecule has 1 aromatic carbocycles. The maximum absolute atomic E-state index is 12.9. The van der Waals surface area contributed by atoms with Gasteiger partial charge in [0.15, 0.2) is 0 Å². The van der Waals surface area contributed by atoms with Gasteiger partial charge in [-0.05, 0) is 23.8 Å². The number of rotatable bonds is 3. The van der Waals surface area contributed by atoms with Crippen molar-refractivity contribution in [2.45, 2.75) is 25.1 Å². The van der Waals surface area contributed by atoms with Gasteiger partial charge >= 0.3 is 6.18 Å². The molecule has 0 aliphatic carbocycles. The Morgan fingerprint density at radius 1 is 1.12 bits per heavy atom. The van der Waals surface area contributed by atoms with Gasteiger partial charge in [-0.3, -0.25) is 0 Å². The van der Waals surface area contributed by atoms with E-state index in [1.54, 1.807) is 0 Å². The summed E-state index contributed by atoms with van der Waals surface area (Å²) in [6.45, 7) is 0. The summed E-state index contributed by atoms with van der Waals surface area (Å²) in [5.74, 6) is -1.15. The van der Waals surface area contributed by atoms with Crippen LogP contribution in [0.4, 0.5) is 26.3 Å². The highest BCUT2D eigenvalue weighted by molar-refractivity contribution is 5.28. The van der Waals surface area contributed by atoms with Crippen molar-refractivity contribution in [3.05, 3.63) is 35.1 Å². The molecule has 2 N–H and O–H groups in total. The molecule has 0 aliphatic heterocycles. The molecule has 0 heterocycles. The molecule has 0 fully saturated rings. The zero-order valence-corrected chi connectivity index (χ0v) is 8.44. The first kappa shape index (κ1) is 13.8. The summed E-state index contributed by atoms with van der Waals surface area (Å²) in [5.41, 5.74) is 3.73. The van der Waals surface area contributed by atoms with Crippen molar-refractivity contribution in [3.8, 4) is 0 Å². The van der Waals surface area contributed by atoms with Crippen LogP contribution in [0.1, 0.15) is 23.6 Å². The van der Waals surface area contributed by atoms with Crippen molar-refractivity contribution in [1.82, 2.24) is 0 Å². The number of hydrogen-bond donors (Lipinski definition) is 1. The van der Waals surface area contributed by atoms with Gasteiger partial charge < -0.3 is 5.73 Å². The highest BCUT2D eigenvalue weighted by Crippen LogP contribution is 2.32. The topological polar surface area (TPSA) is 26.0 Å². The van der Waals surface area contributed by atoms with Crippen LogP contribution in [0.5, 0.6) is 0 Å². The number of benzene rings is 1. The Hall–Kier alpha value is -1.24. The molecule has 0 aromatic heterocycles. The van der Waals surface area contributed by atoms with Gasteiger partial charge in [0.2, 0.25) is 6.43 Å². The Morgan fingerprint density at radius 3 is 2.18 bits per heavy atom. The molecule has 1 aromatic rings. The fraction of sp³-hybridized carbons (Fsp3) is 0.400. The molecule has 0 aliphatic rings. The van der Waals surface area contributed by atoms with E-state index in [0.29, 0.717) is 12.1 Å². The quantitative estimate of drug-likeness (QED) is 0.824. The number of hydrogen-bond acceptors (Lipinski definition) is 1. The highest BCUT2D eigenvalue weighted by atomic mass is 19.4. The average molecular weight is 257 g/mol. The first-order valence-electron chi connectivity index (χ1n) is 4.61. The lowest BCUT2D eigenvalue weighted by Crippen LogP contribution is -2.16. The van der Waals surface area contributed by atoms with E-state index in [0.717, 1.165) is 6.07 Å². The minimum absolute atomic E-state index is 0.290. The van der Waals surface area contributed by atoms with Gasteiger partial charge in [0.05, 0.1) is 5.56 Å². The van der Waals surface area contributed by atoms with E-state index in [4.69, 9.17) is 5.73 Å². The van der Waals surface area contributed by atoms with Crippen molar-refractivity contribution >= 4 is 0 Å². The van der Waals surface area contributed by atoms with Gasteiger partial charge in [-0.25, -0.2) is 13.2 Å². The number of nitrogens with two attached hydrogens (primary N) is 1. The fourth-order valence-electron chi connectivity index (χ4n) is 1.32. The minimum Gasteiger partial charge on any atom is -0.324 e. The molecule has 1 nitrogen and oxygen atoms in total. The molecular weight excluding hydrogens is 248 g/mol. The number of alkyl halides is 5. The van der Waals surface area contributed by atoms with Crippen LogP contribution in [-0.4, -0.2) is 6.43 Å². The Morgan fingerprint density at radius 2 is 1.71 bits per heavy atom. The fourth-order valence-corrected chi connectivity index (χ4v) is 1.32. The van der Waals surface area contributed by atoms with Crippen LogP contribution >= 0.6 is 0 Å². The first-order chi connectivity index (χ1) is 7.70. The Balaban J connectivity index is 3.05. The maximum atomic E-state index is 12.9. The van der Waals surface area contributed by atoms with Crippen molar-refractivity contribution in [1.29, 1.82) is 0 Å². The summed E-state index contributed by atoms with van der Waals surface area (Å²) < 4.78 is 73.9. The Kier molecular flexibility index (Phi) is 4.03. The normalized spacial score (nSPS) is 14.1. The van der Waals surface area contributed by atoms with Crippen molar-refractivity contribution < 1.29 is 26.3 Å². The van der Waals surface area contributed by atoms with E-state index in [-0.39, 0.29) is 5.56 Å². The van der Waals surface area contributed by atoms with Gasteiger partial charge in [-0.15, -0.1) is 0 Å². The van der Waals surface area contributed by atoms with Crippen LogP contribution < -0.4 is 5.73 Å². The van der Waals surface area contributed by atoms with Crippen LogP contribution in [0.15, 0.2) is 18.2 Å². The van der Waals surface area contributed by atoms with E-state index in [1.165, 1.54) is 0 Å². The summed E-state index contributed by atoms with van der Waals surface area (Å²) >= 11 is 0. The van der Waals surface area contributed by atoms with Crippen LogP contribution in [0.3, 0.4) is 0 Å². The van der Waals surface area contributed by atoms with E-state index in [2.05, 4.69) is 0 Å². The second-order valence-corrected chi connectivity index (χ2v) is 3.50. The van der Waals surface area contributed by atoms with Gasteiger partial charge in [0, 0.05) is 12.5 Å². The minimum atomic E-state index is -4.73. The predicted octanol–water partition coefficient (Wildman–Crippen LogP) is 3.50. The molecule has 7 heteroatoms. The van der Waals surface area contributed by atoms with Crippen LogP contribution in [-0.2, 0) is 6.18 Å². The van der Waals surface area contributed by atoms with Crippen molar-refractivity contribution in [2.24, 2.45) is 5.73 Å². The summed E-state index contributed by atoms with van der Waals surface area (Å²) in [6, 6.07) is 0.267. The highest BCUT2D eigenvalue weighted by Gasteiger charge is 2.32. The molecule has 0 saturated carbocycles. The Bertz CT molecular complexity index is 387. The smallest absolute Gasteiger partial charge is 0.324 e. The molecule has 0 amide bonds. The summed E-state index contributed by atoms with van der Waals surface area (Å²) in [4.78, 5) is 0. The third kappa shape index (κ3) is 3.92. The van der Waals surface area contributed by atoms with Gasteiger partial charge in [-0.1, -0.05) is 0 Å². The van der Waals surface area contributed by atoms with E-state index in [1.807, 2.05) is 0 Å². The molecule has 0 unspecified atom stereocenters. The third-order valence-corrected chi connectivity index (χ3v) is 2.11. The second-order valence-electron chi connectivity index (χ2n) is 3.50. The van der Waals surface area contributed by atoms with Gasteiger partial charge in [0.1, 0.15) is 5.82 Å². The maximum Gasteiger partial charge on any atom is 0.416 e. The largest absolute Gasteiger partial charge is 0.416 e. The molecule has 0 radical (unpaired) electrons. The van der Waals surface area contributed by atoms with Crippen molar-refractivity contribution in [3.63, 3.8) is 0 Å². The zero-order valence-electron chi connectivity index (χ0n) is 8.44. The summed E-state index contributed by atoms with van der Waals surface area (Å²) in [5, 5.41) is 0.